The van der Waals surface area contributed by atoms with Crippen molar-refractivity contribution in [1.82, 2.24) is 14.8 Å². The summed E-state index contributed by atoms with van der Waals surface area (Å²) in [5.41, 5.74) is 1.43. The highest BCUT2D eigenvalue weighted by Crippen LogP contribution is 2.28. The minimum Gasteiger partial charge on any atom is -0.463 e. The summed E-state index contributed by atoms with van der Waals surface area (Å²) in [5, 5.41) is 9.20. The Balaban J connectivity index is 1.97. The predicted molar refractivity (Wildman–Crippen MR) is 96.3 cm³/mol. The lowest BCUT2D eigenvalue weighted by molar-refractivity contribution is -0.119. The van der Waals surface area contributed by atoms with Crippen molar-refractivity contribution in [2.24, 2.45) is 0 Å². The molecule has 0 unspecified atom stereocenters. The van der Waals surface area contributed by atoms with Crippen LogP contribution in [0.1, 0.15) is 6.92 Å². The fourth-order valence-corrected chi connectivity index (χ4v) is 2.97. The van der Waals surface area contributed by atoms with Gasteiger partial charge in [-0.2, -0.15) is 4.98 Å². The van der Waals surface area contributed by atoms with E-state index in [2.05, 4.69) is 15.4 Å². The molecule has 1 N–H and O–H groups in total. The molecule has 0 saturated heterocycles. The number of hydrogen-bond donors (Lipinski definition) is 1. The van der Waals surface area contributed by atoms with E-state index in [9.17, 15) is 4.79 Å². The van der Waals surface area contributed by atoms with Crippen LogP contribution in [0.4, 0.5) is 5.69 Å². The molecule has 3 rings (SSSR count). The first kappa shape index (κ1) is 17.1. The van der Waals surface area contributed by atoms with Gasteiger partial charge >= 0.3 is 6.01 Å². The first-order valence-electron chi connectivity index (χ1n) is 7.74. The van der Waals surface area contributed by atoms with Crippen LogP contribution in [0.3, 0.4) is 0 Å². The Morgan fingerprint density at radius 2 is 2.20 bits per heavy atom. The summed E-state index contributed by atoms with van der Waals surface area (Å²) < 4.78 is 12.0. The summed E-state index contributed by atoms with van der Waals surface area (Å²) in [6.45, 7) is 2.38. The van der Waals surface area contributed by atoms with Crippen LogP contribution in [-0.4, -0.2) is 41.0 Å². The van der Waals surface area contributed by atoms with Crippen molar-refractivity contribution in [2.75, 3.05) is 25.6 Å². The summed E-state index contributed by atoms with van der Waals surface area (Å²) in [4.78, 5) is 17.2. The Morgan fingerprint density at radius 3 is 2.92 bits per heavy atom. The van der Waals surface area contributed by atoms with Crippen molar-refractivity contribution < 1.29 is 14.3 Å². The van der Waals surface area contributed by atoms with Gasteiger partial charge in [-0.15, -0.1) is 16.4 Å². The van der Waals surface area contributed by atoms with Gasteiger partial charge in [0.2, 0.25) is 5.91 Å². The van der Waals surface area contributed by atoms with Gasteiger partial charge in [-0.05, 0) is 36.6 Å². The molecule has 130 valence electrons. The Kier molecular flexibility index (Phi) is 5.42. The van der Waals surface area contributed by atoms with Gasteiger partial charge in [0.05, 0.1) is 17.2 Å². The second-order valence-electron chi connectivity index (χ2n) is 5.07. The van der Waals surface area contributed by atoms with E-state index < -0.39 is 0 Å². The van der Waals surface area contributed by atoms with E-state index in [1.54, 1.807) is 16.0 Å². The molecule has 0 saturated carbocycles. The number of carbonyl (C=O) groups is 1. The highest BCUT2D eigenvalue weighted by Gasteiger charge is 2.15. The number of hydrogen-bond acceptors (Lipinski definition) is 6. The Bertz CT molecular complexity index is 845. The topological polar surface area (TPSA) is 78.3 Å². The standard InChI is InChI=1S/C17H18N4O3S/c1-3-24-17-19-16(14-8-5-9-25-14)21(20-17)13-7-4-6-12(10-13)18-15(22)11-23-2/h4-10H,3,11H2,1-2H3,(H,18,22). The molecule has 1 aromatic carbocycles. The van der Waals surface area contributed by atoms with E-state index in [4.69, 9.17) is 9.47 Å². The van der Waals surface area contributed by atoms with Crippen LogP contribution in [0, 0.1) is 0 Å². The number of nitrogens with zero attached hydrogens (tertiary/aromatic N) is 3. The summed E-state index contributed by atoms with van der Waals surface area (Å²) >= 11 is 1.57. The summed E-state index contributed by atoms with van der Waals surface area (Å²) in [6.07, 6.45) is 0. The van der Waals surface area contributed by atoms with Crippen LogP contribution in [0.2, 0.25) is 0 Å². The van der Waals surface area contributed by atoms with Crippen LogP contribution >= 0.6 is 11.3 Å². The average molecular weight is 358 g/mol. The molecule has 8 heteroatoms. The number of carbonyl (C=O) groups excluding carboxylic acids is 1. The molecule has 2 heterocycles. The van der Waals surface area contributed by atoms with Crippen molar-refractivity contribution in [3.05, 3.63) is 41.8 Å². The predicted octanol–water partition coefficient (Wildman–Crippen LogP) is 2.98. The monoisotopic (exact) mass is 358 g/mol. The maximum Gasteiger partial charge on any atom is 0.336 e. The van der Waals surface area contributed by atoms with Crippen molar-refractivity contribution in [2.45, 2.75) is 6.92 Å². The number of nitrogens with one attached hydrogen (secondary N) is 1. The molecule has 1 amide bonds. The van der Waals surface area contributed by atoms with Gasteiger partial charge < -0.3 is 14.8 Å². The van der Waals surface area contributed by atoms with Crippen LogP contribution in [0.15, 0.2) is 41.8 Å². The molecule has 0 radical (unpaired) electrons. The zero-order chi connectivity index (χ0) is 17.6. The highest BCUT2D eigenvalue weighted by atomic mass is 32.1. The Morgan fingerprint density at radius 1 is 1.32 bits per heavy atom. The lowest BCUT2D eigenvalue weighted by atomic mass is 10.2. The Labute approximate surface area is 149 Å². The quantitative estimate of drug-likeness (QED) is 0.702. The molecule has 25 heavy (non-hydrogen) atoms. The van der Waals surface area contributed by atoms with E-state index in [0.717, 1.165) is 10.6 Å². The van der Waals surface area contributed by atoms with Crippen LogP contribution in [-0.2, 0) is 9.53 Å². The van der Waals surface area contributed by atoms with Crippen LogP contribution in [0.5, 0.6) is 6.01 Å². The van der Waals surface area contributed by atoms with Crippen molar-refractivity contribution in [3.8, 4) is 22.4 Å². The number of ether oxygens (including phenoxy) is 2. The molecular weight excluding hydrogens is 340 g/mol. The molecule has 0 aliphatic carbocycles. The number of methoxy groups -OCH3 is 1. The SMILES string of the molecule is CCOc1nc(-c2cccs2)n(-c2cccc(NC(=O)COC)c2)n1. The number of rotatable bonds is 7. The smallest absolute Gasteiger partial charge is 0.336 e. The third-order valence-corrected chi connectivity index (χ3v) is 4.12. The van der Waals surface area contributed by atoms with Crippen LogP contribution in [0.25, 0.3) is 16.4 Å². The van der Waals surface area contributed by atoms with Crippen molar-refractivity contribution >= 4 is 22.9 Å². The largest absolute Gasteiger partial charge is 0.463 e. The first-order chi connectivity index (χ1) is 12.2. The maximum absolute atomic E-state index is 11.7. The summed E-state index contributed by atoms with van der Waals surface area (Å²) in [5.74, 6) is 0.477. The minimum absolute atomic E-state index is 0.00247. The number of amides is 1. The number of benzene rings is 1. The normalized spacial score (nSPS) is 10.6. The molecule has 2 aromatic heterocycles. The lowest BCUT2D eigenvalue weighted by Crippen LogP contribution is -2.17. The molecule has 0 bridgehead atoms. The molecule has 0 fully saturated rings. The van der Waals surface area contributed by atoms with Gasteiger partial charge in [0.15, 0.2) is 5.82 Å². The molecule has 0 aliphatic heterocycles. The molecule has 3 aromatic rings. The molecule has 0 atom stereocenters. The van der Waals surface area contributed by atoms with Gasteiger partial charge in [0, 0.05) is 12.8 Å². The van der Waals surface area contributed by atoms with Gasteiger partial charge in [-0.3, -0.25) is 4.79 Å². The second kappa shape index (κ2) is 7.91. The fourth-order valence-electron chi connectivity index (χ4n) is 2.27. The van der Waals surface area contributed by atoms with E-state index in [0.29, 0.717) is 24.1 Å². The second-order valence-corrected chi connectivity index (χ2v) is 6.02. The van der Waals surface area contributed by atoms with Gasteiger partial charge in [-0.25, -0.2) is 4.68 Å². The zero-order valence-electron chi connectivity index (χ0n) is 13.9. The highest BCUT2D eigenvalue weighted by molar-refractivity contribution is 7.13. The third-order valence-electron chi connectivity index (χ3n) is 3.25. The summed E-state index contributed by atoms with van der Waals surface area (Å²) in [6, 6.07) is 11.6. The molecular formula is C17H18N4O3S. The molecule has 0 aliphatic rings. The number of aromatic nitrogens is 3. The summed E-state index contributed by atoms with van der Waals surface area (Å²) in [7, 11) is 1.48. The lowest BCUT2D eigenvalue weighted by Gasteiger charge is -2.08. The molecule has 0 spiro atoms. The van der Waals surface area contributed by atoms with E-state index in [1.165, 1.54) is 7.11 Å². The maximum atomic E-state index is 11.7. The fraction of sp³-hybridized carbons (Fsp3) is 0.235. The number of anilines is 1. The first-order valence-corrected chi connectivity index (χ1v) is 8.62. The number of thiophene rings is 1. The Hall–Kier alpha value is -2.71. The average Bonchev–Trinajstić information content (AvgIpc) is 3.24. The molecule has 7 nitrogen and oxygen atoms in total. The van der Waals surface area contributed by atoms with Crippen LogP contribution < -0.4 is 10.1 Å². The van der Waals surface area contributed by atoms with Crippen molar-refractivity contribution in [1.29, 1.82) is 0 Å². The van der Waals surface area contributed by atoms with Gasteiger partial charge in [0.1, 0.15) is 6.61 Å². The van der Waals surface area contributed by atoms with E-state index in [-0.39, 0.29) is 12.5 Å². The minimum atomic E-state index is -0.216. The third kappa shape index (κ3) is 4.04. The van der Waals surface area contributed by atoms with Gasteiger partial charge in [0.25, 0.3) is 0 Å². The zero-order valence-corrected chi connectivity index (χ0v) is 14.7. The van der Waals surface area contributed by atoms with Crippen molar-refractivity contribution in [3.63, 3.8) is 0 Å². The van der Waals surface area contributed by atoms with E-state index in [1.807, 2.05) is 48.7 Å². The van der Waals surface area contributed by atoms with E-state index >= 15 is 0 Å². The van der Waals surface area contributed by atoms with Gasteiger partial charge in [-0.1, -0.05) is 12.1 Å².